The zero-order chi connectivity index (χ0) is 22.7. The number of para-hydroxylation sites is 1. The van der Waals surface area contributed by atoms with Gasteiger partial charge in [0.05, 0.1) is 11.7 Å². The molecule has 0 aliphatic heterocycles. The molecular weight excluding hydrogens is 426 g/mol. The Morgan fingerprint density at radius 3 is 2.16 bits per heavy atom. The van der Waals surface area contributed by atoms with Crippen molar-refractivity contribution in [3.63, 3.8) is 0 Å². The van der Waals surface area contributed by atoms with Crippen LogP contribution in [-0.2, 0) is 11.3 Å². The Bertz CT molecular complexity index is 1340. The maximum absolute atomic E-state index is 12.7. The average molecular weight is 448 g/mol. The van der Waals surface area contributed by atoms with Gasteiger partial charge in [-0.2, -0.15) is 0 Å². The number of aryl methyl sites for hydroxylation is 2. The summed E-state index contributed by atoms with van der Waals surface area (Å²) in [7, 11) is 0. The summed E-state index contributed by atoms with van der Waals surface area (Å²) in [6.45, 7) is 3.69. The number of nitrogens with one attached hydrogen (secondary N) is 3. The Kier molecular flexibility index (Phi) is 6.00. The Morgan fingerprint density at radius 2 is 1.50 bits per heavy atom. The second-order valence-electron chi connectivity index (χ2n) is 7.21. The molecule has 8 nitrogen and oxygen atoms in total. The van der Waals surface area contributed by atoms with E-state index in [-0.39, 0.29) is 24.0 Å². The fourth-order valence-electron chi connectivity index (χ4n) is 3.19. The Labute approximate surface area is 187 Å². The first-order chi connectivity index (χ1) is 15.4. The van der Waals surface area contributed by atoms with Crippen LogP contribution in [0.15, 0.2) is 65.7 Å². The molecule has 3 N–H and O–H groups in total. The van der Waals surface area contributed by atoms with Crippen molar-refractivity contribution < 1.29 is 9.59 Å². The summed E-state index contributed by atoms with van der Waals surface area (Å²) in [5.41, 5.74) is 2.48. The lowest BCUT2D eigenvalue weighted by molar-refractivity contribution is -0.116. The highest BCUT2D eigenvalue weighted by Gasteiger charge is 2.14. The number of hydrogen-bond donors (Lipinski definition) is 3. The van der Waals surface area contributed by atoms with Crippen LogP contribution in [-0.4, -0.2) is 21.5 Å². The van der Waals surface area contributed by atoms with Gasteiger partial charge in [0.15, 0.2) is 0 Å². The molecule has 4 rings (SSSR count). The van der Waals surface area contributed by atoms with Crippen molar-refractivity contribution in [3.05, 3.63) is 81.7 Å². The minimum absolute atomic E-state index is 0.143. The van der Waals surface area contributed by atoms with Gasteiger partial charge in [-0.1, -0.05) is 18.2 Å². The van der Waals surface area contributed by atoms with Crippen LogP contribution in [0.4, 0.5) is 21.9 Å². The summed E-state index contributed by atoms with van der Waals surface area (Å²) in [5.74, 6) is -0.347. The first kappa shape index (κ1) is 21.3. The van der Waals surface area contributed by atoms with E-state index in [1.807, 2.05) is 32.0 Å². The molecule has 0 bridgehead atoms. The molecule has 0 unspecified atom stereocenters. The fourth-order valence-corrected chi connectivity index (χ4v) is 4.18. The predicted molar refractivity (Wildman–Crippen MR) is 128 cm³/mol. The molecule has 162 valence electrons. The van der Waals surface area contributed by atoms with E-state index in [1.54, 1.807) is 36.4 Å². The summed E-state index contributed by atoms with van der Waals surface area (Å²) in [5, 5.41) is 8.77. The molecule has 0 aliphatic carbocycles. The molecule has 32 heavy (non-hydrogen) atoms. The van der Waals surface area contributed by atoms with E-state index in [0.717, 1.165) is 10.4 Å². The number of fused-ring (bicyclic) bond motifs is 1. The van der Waals surface area contributed by atoms with Crippen molar-refractivity contribution in [2.45, 2.75) is 20.4 Å². The lowest BCUT2D eigenvalue weighted by Crippen LogP contribution is -2.27. The maximum atomic E-state index is 12.7. The molecule has 2 aromatic carbocycles. The number of carbonyl (C=O) groups excluding carboxylic acids is 2. The fraction of sp³-hybridized carbons (Fsp3) is 0.130. The minimum atomic E-state index is -0.366. The van der Waals surface area contributed by atoms with Crippen molar-refractivity contribution in [3.8, 4) is 0 Å². The van der Waals surface area contributed by atoms with E-state index >= 15 is 0 Å². The normalized spacial score (nSPS) is 10.7. The highest BCUT2D eigenvalue weighted by Crippen LogP contribution is 2.25. The van der Waals surface area contributed by atoms with Gasteiger partial charge in [0.25, 0.3) is 5.56 Å². The number of anilines is 3. The predicted octanol–water partition coefficient (Wildman–Crippen LogP) is 4.36. The number of hydrogen-bond acceptors (Lipinski definition) is 5. The summed E-state index contributed by atoms with van der Waals surface area (Å²) in [4.78, 5) is 43.3. The molecule has 0 spiro atoms. The summed E-state index contributed by atoms with van der Waals surface area (Å²) in [6, 6.07) is 15.4. The standard InChI is InChI=1S/C23H21N5O3S/c1-14-15(2)32-21-20(14)22(30)28(13-24-21)12-19(29)25-17-8-10-18(11-9-17)27-23(31)26-16-6-4-3-5-7-16/h3-11,13H,12H2,1-2H3,(H,25,29)(H2,26,27,31). The van der Waals surface area contributed by atoms with Crippen molar-refractivity contribution in [2.24, 2.45) is 0 Å². The van der Waals surface area contributed by atoms with Gasteiger partial charge in [-0.15, -0.1) is 11.3 Å². The summed E-state index contributed by atoms with van der Waals surface area (Å²) in [6.07, 6.45) is 1.40. The largest absolute Gasteiger partial charge is 0.325 e. The molecule has 0 fully saturated rings. The lowest BCUT2D eigenvalue weighted by Gasteiger charge is -2.10. The molecule has 4 aromatic rings. The topological polar surface area (TPSA) is 105 Å². The van der Waals surface area contributed by atoms with Crippen molar-refractivity contribution in [1.82, 2.24) is 9.55 Å². The molecule has 0 saturated heterocycles. The summed E-state index contributed by atoms with van der Waals surface area (Å²) >= 11 is 1.47. The Hall–Kier alpha value is -3.98. The van der Waals surface area contributed by atoms with E-state index in [1.165, 1.54) is 22.2 Å². The van der Waals surface area contributed by atoms with Crippen LogP contribution in [0.1, 0.15) is 10.4 Å². The van der Waals surface area contributed by atoms with E-state index in [0.29, 0.717) is 27.3 Å². The SMILES string of the molecule is Cc1sc2ncn(CC(=O)Nc3ccc(NC(=O)Nc4ccccc4)cc3)c(=O)c2c1C. The highest BCUT2D eigenvalue weighted by molar-refractivity contribution is 7.18. The molecule has 0 atom stereocenters. The highest BCUT2D eigenvalue weighted by atomic mass is 32.1. The van der Waals surface area contributed by atoms with Gasteiger partial charge in [0.1, 0.15) is 11.4 Å². The third-order valence-corrected chi connectivity index (χ3v) is 6.04. The molecule has 0 radical (unpaired) electrons. The third kappa shape index (κ3) is 4.68. The molecular formula is C23H21N5O3S. The summed E-state index contributed by atoms with van der Waals surface area (Å²) < 4.78 is 1.31. The molecule has 9 heteroatoms. The van der Waals surface area contributed by atoms with Crippen LogP contribution in [0.2, 0.25) is 0 Å². The number of rotatable bonds is 5. The van der Waals surface area contributed by atoms with Crippen LogP contribution < -0.4 is 21.5 Å². The minimum Gasteiger partial charge on any atom is -0.325 e. The van der Waals surface area contributed by atoms with Gasteiger partial charge in [-0.3, -0.25) is 14.2 Å². The van der Waals surface area contributed by atoms with E-state index in [2.05, 4.69) is 20.9 Å². The molecule has 2 heterocycles. The smallest absolute Gasteiger partial charge is 0.323 e. The number of thiophene rings is 1. The maximum Gasteiger partial charge on any atom is 0.323 e. The van der Waals surface area contributed by atoms with Crippen molar-refractivity contribution in [1.29, 1.82) is 0 Å². The third-order valence-electron chi connectivity index (χ3n) is 4.93. The van der Waals surface area contributed by atoms with Gasteiger partial charge in [0.2, 0.25) is 5.91 Å². The van der Waals surface area contributed by atoms with Gasteiger partial charge >= 0.3 is 6.03 Å². The monoisotopic (exact) mass is 447 g/mol. The first-order valence-electron chi connectivity index (χ1n) is 9.89. The van der Waals surface area contributed by atoms with Crippen LogP contribution in [0.5, 0.6) is 0 Å². The van der Waals surface area contributed by atoms with Gasteiger partial charge < -0.3 is 16.0 Å². The molecule has 0 saturated carbocycles. The van der Waals surface area contributed by atoms with E-state index in [9.17, 15) is 14.4 Å². The Balaban J connectivity index is 1.37. The quantitative estimate of drug-likeness (QED) is 0.423. The number of amides is 3. The van der Waals surface area contributed by atoms with Gasteiger partial charge in [-0.05, 0) is 55.8 Å². The number of benzene rings is 2. The van der Waals surface area contributed by atoms with Crippen LogP contribution in [0, 0.1) is 13.8 Å². The lowest BCUT2D eigenvalue weighted by atomic mass is 10.2. The number of nitrogens with zero attached hydrogens (tertiary/aromatic N) is 2. The van der Waals surface area contributed by atoms with Crippen LogP contribution in [0.3, 0.4) is 0 Å². The average Bonchev–Trinajstić information content (AvgIpc) is 3.06. The molecule has 3 amide bonds. The van der Waals surface area contributed by atoms with E-state index in [4.69, 9.17) is 0 Å². The molecule has 0 aliphatic rings. The van der Waals surface area contributed by atoms with Crippen molar-refractivity contribution >= 4 is 50.6 Å². The van der Waals surface area contributed by atoms with Crippen molar-refractivity contribution in [2.75, 3.05) is 16.0 Å². The number of carbonyl (C=O) groups is 2. The second-order valence-corrected chi connectivity index (χ2v) is 8.41. The van der Waals surface area contributed by atoms with Gasteiger partial charge in [0, 0.05) is 21.9 Å². The zero-order valence-corrected chi connectivity index (χ0v) is 18.3. The zero-order valence-electron chi connectivity index (χ0n) is 17.5. The molecule has 2 aromatic heterocycles. The van der Waals surface area contributed by atoms with Gasteiger partial charge in [-0.25, -0.2) is 9.78 Å². The Morgan fingerprint density at radius 1 is 0.906 bits per heavy atom. The first-order valence-corrected chi connectivity index (χ1v) is 10.7. The second kappa shape index (κ2) is 9.03. The van der Waals surface area contributed by atoms with Crippen LogP contribution >= 0.6 is 11.3 Å². The number of urea groups is 1. The van der Waals surface area contributed by atoms with E-state index < -0.39 is 0 Å². The van der Waals surface area contributed by atoms with Crippen LogP contribution in [0.25, 0.3) is 10.2 Å². The number of aromatic nitrogens is 2.